The highest BCUT2D eigenvalue weighted by Gasteiger charge is 2.23. The van der Waals surface area contributed by atoms with E-state index in [1.54, 1.807) is 0 Å². The first-order valence-electron chi connectivity index (χ1n) is 4.18. The highest BCUT2D eigenvalue weighted by atomic mass is 32.2. The molecule has 4 nitrogen and oxygen atoms in total. The summed E-state index contributed by atoms with van der Waals surface area (Å²) < 4.78 is 27.2. The van der Waals surface area contributed by atoms with Gasteiger partial charge in [-0.3, -0.25) is 4.18 Å². The fourth-order valence-electron chi connectivity index (χ4n) is 0.466. The third-order valence-electron chi connectivity index (χ3n) is 1.41. The Labute approximate surface area is 80.0 Å². The van der Waals surface area contributed by atoms with Crippen molar-refractivity contribution < 1.29 is 17.7 Å². The minimum Gasteiger partial charge on any atom is -0.395 e. The number of hydrogen-bond acceptors (Lipinski definition) is 4. The normalized spacial score (nSPS) is 15.8. The van der Waals surface area contributed by atoms with E-state index in [9.17, 15) is 8.42 Å². The molecule has 1 N–H and O–H groups in total. The van der Waals surface area contributed by atoms with Gasteiger partial charge in [0.05, 0.1) is 13.2 Å². The van der Waals surface area contributed by atoms with Gasteiger partial charge in [0.15, 0.2) is 0 Å². The maximum Gasteiger partial charge on any atom is 0.272 e. The molecule has 0 bridgehead atoms. The molecule has 1 unspecified atom stereocenters. The van der Waals surface area contributed by atoms with Gasteiger partial charge in [-0.25, -0.2) is 0 Å². The summed E-state index contributed by atoms with van der Waals surface area (Å²) in [5.41, 5.74) is -0.192. The number of aliphatic hydroxyl groups excluding tert-OH is 1. The van der Waals surface area contributed by atoms with Gasteiger partial charge >= 0.3 is 0 Å². The van der Waals surface area contributed by atoms with Crippen molar-refractivity contribution in [1.29, 1.82) is 0 Å². The van der Waals surface area contributed by atoms with Gasteiger partial charge in [0.1, 0.15) is 5.25 Å². The highest BCUT2D eigenvalue weighted by molar-refractivity contribution is 7.87. The first kappa shape index (κ1) is 12.9. The number of rotatable bonds is 4. The smallest absolute Gasteiger partial charge is 0.272 e. The Balaban J connectivity index is 4.21. The largest absolute Gasteiger partial charge is 0.395 e. The van der Waals surface area contributed by atoms with Crippen LogP contribution in [0.4, 0.5) is 0 Å². The molecule has 0 aliphatic rings. The van der Waals surface area contributed by atoms with Crippen LogP contribution in [0.5, 0.6) is 0 Å². The highest BCUT2D eigenvalue weighted by Crippen LogP contribution is 2.16. The van der Waals surface area contributed by atoms with Crippen LogP contribution < -0.4 is 0 Å². The molecule has 0 saturated carbocycles. The molecule has 0 aromatic rings. The van der Waals surface area contributed by atoms with E-state index in [2.05, 4.69) is 0 Å². The van der Waals surface area contributed by atoms with Crippen LogP contribution in [0.25, 0.3) is 0 Å². The van der Waals surface area contributed by atoms with Gasteiger partial charge < -0.3 is 5.11 Å². The Kier molecular flexibility index (Phi) is 4.35. The second kappa shape index (κ2) is 4.39. The van der Waals surface area contributed by atoms with Crippen molar-refractivity contribution in [3.05, 3.63) is 0 Å². The minimum absolute atomic E-state index is 0.139. The molecule has 80 valence electrons. The van der Waals surface area contributed by atoms with E-state index in [1.807, 2.05) is 20.8 Å². The Morgan fingerprint density at radius 2 is 1.85 bits per heavy atom. The van der Waals surface area contributed by atoms with Crippen LogP contribution in [-0.2, 0) is 14.3 Å². The fourth-order valence-corrected chi connectivity index (χ4v) is 1.40. The molecule has 0 aliphatic carbocycles. The molecule has 0 fully saturated rings. The van der Waals surface area contributed by atoms with Gasteiger partial charge in [0.25, 0.3) is 10.1 Å². The van der Waals surface area contributed by atoms with Crippen molar-refractivity contribution >= 4 is 10.1 Å². The third kappa shape index (κ3) is 5.23. The van der Waals surface area contributed by atoms with Crippen LogP contribution in [0.2, 0.25) is 0 Å². The standard InChI is InChI=1S/C8H18O4S/c1-7(5-9)13(10,11)12-6-8(2,3)4/h7,9H,5-6H2,1-4H3. The van der Waals surface area contributed by atoms with E-state index < -0.39 is 22.0 Å². The van der Waals surface area contributed by atoms with Crippen molar-refractivity contribution in [3.8, 4) is 0 Å². The van der Waals surface area contributed by atoms with Crippen LogP contribution >= 0.6 is 0 Å². The van der Waals surface area contributed by atoms with Gasteiger partial charge in [-0.15, -0.1) is 0 Å². The zero-order valence-electron chi connectivity index (χ0n) is 8.57. The predicted molar refractivity (Wildman–Crippen MR) is 50.9 cm³/mol. The van der Waals surface area contributed by atoms with E-state index in [4.69, 9.17) is 9.29 Å². The van der Waals surface area contributed by atoms with Gasteiger partial charge in [0.2, 0.25) is 0 Å². The van der Waals surface area contributed by atoms with Crippen molar-refractivity contribution in [3.63, 3.8) is 0 Å². The molecule has 0 aliphatic heterocycles. The van der Waals surface area contributed by atoms with Crippen molar-refractivity contribution in [2.45, 2.75) is 32.9 Å². The Bertz CT molecular complexity index is 237. The van der Waals surface area contributed by atoms with E-state index in [0.717, 1.165) is 0 Å². The first-order valence-corrected chi connectivity index (χ1v) is 5.65. The molecular formula is C8H18O4S. The fraction of sp³-hybridized carbons (Fsp3) is 1.00. The number of hydrogen-bond donors (Lipinski definition) is 1. The van der Waals surface area contributed by atoms with Crippen LogP contribution in [0.3, 0.4) is 0 Å². The maximum atomic E-state index is 11.2. The Morgan fingerprint density at radius 1 is 1.38 bits per heavy atom. The van der Waals surface area contributed by atoms with E-state index in [0.29, 0.717) is 0 Å². The first-order chi connectivity index (χ1) is 5.69. The molecule has 0 amide bonds. The summed E-state index contributed by atoms with van der Waals surface area (Å²) in [6.45, 7) is 6.79. The van der Waals surface area contributed by atoms with Crippen molar-refractivity contribution in [2.75, 3.05) is 13.2 Å². The molecule has 0 radical (unpaired) electrons. The lowest BCUT2D eigenvalue weighted by molar-refractivity contribution is 0.195. The minimum atomic E-state index is -3.59. The van der Waals surface area contributed by atoms with E-state index >= 15 is 0 Å². The molecule has 5 heteroatoms. The lowest BCUT2D eigenvalue weighted by atomic mass is 9.99. The second-order valence-corrected chi connectivity index (χ2v) is 6.33. The quantitative estimate of drug-likeness (QED) is 0.696. The summed E-state index contributed by atoms with van der Waals surface area (Å²) >= 11 is 0. The molecule has 0 saturated heterocycles. The van der Waals surface area contributed by atoms with Crippen LogP contribution in [-0.4, -0.2) is 32.0 Å². The summed E-state index contributed by atoms with van der Waals surface area (Å²) in [5.74, 6) is 0. The number of aliphatic hydroxyl groups is 1. The monoisotopic (exact) mass is 210 g/mol. The van der Waals surface area contributed by atoms with E-state index in [1.165, 1.54) is 6.92 Å². The van der Waals surface area contributed by atoms with Crippen LogP contribution in [0.15, 0.2) is 0 Å². The van der Waals surface area contributed by atoms with Crippen LogP contribution in [0.1, 0.15) is 27.7 Å². The zero-order chi connectivity index (χ0) is 10.7. The molecular weight excluding hydrogens is 192 g/mol. The molecule has 0 rings (SSSR count). The summed E-state index contributed by atoms with van der Waals surface area (Å²) in [4.78, 5) is 0. The van der Waals surface area contributed by atoms with Gasteiger partial charge in [-0.1, -0.05) is 20.8 Å². The maximum absolute atomic E-state index is 11.2. The summed E-state index contributed by atoms with van der Waals surface area (Å²) in [6.07, 6.45) is 0. The van der Waals surface area contributed by atoms with Gasteiger partial charge in [-0.05, 0) is 12.3 Å². The molecule has 0 aromatic carbocycles. The van der Waals surface area contributed by atoms with Crippen molar-refractivity contribution in [2.24, 2.45) is 5.41 Å². The molecule has 1 atom stereocenters. The summed E-state index contributed by atoms with van der Waals surface area (Å²) in [7, 11) is -3.59. The molecule has 0 spiro atoms. The second-order valence-electron chi connectivity index (χ2n) is 4.31. The van der Waals surface area contributed by atoms with Gasteiger partial charge in [0, 0.05) is 0 Å². The third-order valence-corrected chi connectivity index (χ3v) is 2.99. The lowest BCUT2D eigenvalue weighted by Crippen LogP contribution is -2.27. The average molecular weight is 210 g/mol. The molecule has 13 heavy (non-hydrogen) atoms. The van der Waals surface area contributed by atoms with Crippen LogP contribution in [0, 0.1) is 5.41 Å². The summed E-state index contributed by atoms with van der Waals surface area (Å²) in [5, 5.41) is 7.79. The van der Waals surface area contributed by atoms with Crippen molar-refractivity contribution in [1.82, 2.24) is 0 Å². The van der Waals surface area contributed by atoms with Gasteiger partial charge in [-0.2, -0.15) is 8.42 Å². The Hall–Kier alpha value is -0.130. The molecule has 0 aromatic heterocycles. The molecule has 0 heterocycles. The predicted octanol–water partition coefficient (Wildman–Crippen LogP) is 0.760. The SMILES string of the molecule is CC(CO)S(=O)(=O)OCC(C)(C)C. The summed E-state index contributed by atoms with van der Waals surface area (Å²) in [6, 6.07) is 0. The lowest BCUT2D eigenvalue weighted by Gasteiger charge is -2.19. The average Bonchev–Trinajstić information content (AvgIpc) is 1.98. The zero-order valence-corrected chi connectivity index (χ0v) is 9.39. The van der Waals surface area contributed by atoms with E-state index in [-0.39, 0.29) is 12.0 Å². The Morgan fingerprint density at radius 3 is 2.15 bits per heavy atom. The topological polar surface area (TPSA) is 63.6 Å².